The number of hydrogen-bond acceptors (Lipinski definition) is 7. The molecule has 2 heterocycles. The minimum absolute atomic E-state index is 0.191. The van der Waals surface area contributed by atoms with Crippen molar-refractivity contribution in [2.45, 2.75) is 19.4 Å². The third kappa shape index (κ3) is 2.06. The Labute approximate surface area is 97.1 Å². The number of nitrogens with zero attached hydrogens (tertiary/aromatic N) is 4. The SMILES string of the molecule is CCc1nnsc1C(NN)c1cnccn1. The van der Waals surface area contributed by atoms with Gasteiger partial charge in [0.05, 0.1) is 22.5 Å². The Kier molecular flexibility index (Phi) is 3.50. The van der Waals surface area contributed by atoms with E-state index in [0.29, 0.717) is 0 Å². The molecule has 0 saturated carbocycles. The molecule has 0 spiro atoms. The van der Waals surface area contributed by atoms with E-state index in [1.54, 1.807) is 18.6 Å². The van der Waals surface area contributed by atoms with Gasteiger partial charge >= 0.3 is 0 Å². The molecule has 0 aliphatic heterocycles. The second kappa shape index (κ2) is 5.06. The number of nitrogens with one attached hydrogen (secondary N) is 1. The lowest BCUT2D eigenvalue weighted by Crippen LogP contribution is -2.29. The molecule has 2 rings (SSSR count). The summed E-state index contributed by atoms with van der Waals surface area (Å²) < 4.78 is 3.94. The van der Waals surface area contributed by atoms with E-state index in [4.69, 9.17) is 5.84 Å². The quantitative estimate of drug-likeness (QED) is 0.591. The van der Waals surface area contributed by atoms with Gasteiger partial charge in [-0.15, -0.1) is 5.10 Å². The lowest BCUT2D eigenvalue weighted by Gasteiger charge is -2.13. The van der Waals surface area contributed by atoms with Crippen LogP contribution in [0.15, 0.2) is 18.6 Å². The second-order valence-electron chi connectivity index (χ2n) is 3.17. The summed E-state index contributed by atoms with van der Waals surface area (Å²) in [6.45, 7) is 2.03. The molecule has 6 nitrogen and oxygen atoms in total. The van der Waals surface area contributed by atoms with Gasteiger partial charge in [-0.3, -0.25) is 15.8 Å². The molecule has 0 aromatic carbocycles. The highest BCUT2D eigenvalue weighted by molar-refractivity contribution is 7.05. The Morgan fingerprint density at radius 2 is 2.38 bits per heavy atom. The predicted molar refractivity (Wildman–Crippen MR) is 60.5 cm³/mol. The minimum atomic E-state index is -0.191. The summed E-state index contributed by atoms with van der Waals surface area (Å²) in [7, 11) is 0. The Bertz CT molecular complexity index is 442. The summed E-state index contributed by atoms with van der Waals surface area (Å²) >= 11 is 1.33. The van der Waals surface area contributed by atoms with E-state index in [1.807, 2.05) is 6.92 Å². The third-order valence-corrected chi connectivity index (χ3v) is 3.06. The van der Waals surface area contributed by atoms with Crippen LogP contribution in [0.2, 0.25) is 0 Å². The smallest absolute Gasteiger partial charge is 0.102 e. The molecular formula is C9H12N6S. The maximum Gasteiger partial charge on any atom is 0.102 e. The van der Waals surface area contributed by atoms with Crippen molar-refractivity contribution in [3.8, 4) is 0 Å². The van der Waals surface area contributed by atoms with Crippen LogP contribution in [-0.2, 0) is 6.42 Å². The van der Waals surface area contributed by atoms with Crippen LogP contribution < -0.4 is 11.3 Å². The first-order chi connectivity index (χ1) is 7.86. The molecule has 0 fully saturated rings. The van der Waals surface area contributed by atoms with Crippen molar-refractivity contribution < 1.29 is 0 Å². The number of hydrazine groups is 1. The molecule has 0 bridgehead atoms. The summed E-state index contributed by atoms with van der Waals surface area (Å²) in [6.07, 6.45) is 5.77. The van der Waals surface area contributed by atoms with E-state index in [-0.39, 0.29) is 6.04 Å². The lowest BCUT2D eigenvalue weighted by atomic mass is 10.1. The molecule has 1 atom stereocenters. The Morgan fingerprint density at radius 1 is 1.50 bits per heavy atom. The largest absolute Gasteiger partial charge is 0.270 e. The molecule has 2 aromatic heterocycles. The van der Waals surface area contributed by atoms with Gasteiger partial charge in [-0.25, -0.2) is 5.43 Å². The standard InChI is InChI=1S/C9H12N6S/c1-2-6-9(16-15-14-6)8(13-10)7-5-11-3-4-12-7/h3-5,8,13H,2,10H2,1H3. The van der Waals surface area contributed by atoms with Crippen LogP contribution in [0.4, 0.5) is 0 Å². The van der Waals surface area contributed by atoms with E-state index in [2.05, 4.69) is 25.0 Å². The van der Waals surface area contributed by atoms with E-state index >= 15 is 0 Å². The number of aromatic nitrogens is 4. The summed E-state index contributed by atoms with van der Waals surface area (Å²) in [5.74, 6) is 5.55. The molecule has 0 aliphatic rings. The monoisotopic (exact) mass is 236 g/mol. The summed E-state index contributed by atoms with van der Waals surface area (Å²) in [5.41, 5.74) is 4.44. The number of rotatable bonds is 4. The normalized spacial score (nSPS) is 12.6. The van der Waals surface area contributed by atoms with Gasteiger partial charge in [0.1, 0.15) is 6.04 Å². The van der Waals surface area contributed by atoms with Crippen molar-refractivity contribution in [3.05, 3.63) is 34.9 Å². The van der Waals surface area contributed by atoms with Crippen LogP contribution >= 0.6 is 11.5 Å². The van der Waals surface area contributed by atoms with Gasteiger partial charge in [0.25, 0.3) is 0 Å². The number of hydrogen-bond donors (Lipinski definition) is 2. The predicted octanol–water partition coefficient (Wildman–Crippen LogP) is 0.443. The number of nitrogens with two attached hydrogens (primary N) is 1. The fourth-order valence-electron chi connectivity index (χ4n) is 1.43. The van der Waals surface area contributed by atoms with E-state index in [0.717, 1.165) is 22.7 Å². The Hall–Kier alpha value is -1.44. The van der Waals surface area contributed by atoms with E-state index in [9.17, 15) is 0 Å². The maximum atomic E-state index is 5.55. The zero-order valence-corrected chi connectivity index (χ0v) is 9.61. The summed E-state index contributed by atoms with van der Waals surface area (Å²) in [6, 6.07) is -0.191. The van der Waals surface area contributed by atoms with Gasteiger partial charge in [-0.1, -0.05) is 11.4 Å². The van der Waals surface area contributed by atoms with Crippen LogP contribution in [0.5, 0.6) is 0 Å². The average Bonchev–Trinajstić information content (AvgIpc) is 2.80. The zero-order chi connectivity index (χ0) is 11.4. The van der Waals surface area contributed by atoms with Crippen LogP contribution in [0.25, 0.3) is 0 Å². The van der Waals surface area contributed by atoms with Crippen molar-refractivity contribution >= 4 is 11.5 Å². The summed E-state index contributed by atoms with van der Waals surface area (Å²) in [4.78, 5) is 9.24. The second-order valence-corrected chi connectivity index (χ2v) is 3.95. The van der Waals surface area contributed by atoms with Crippen LogP contribution in [-0.4, -0.2) is 19.6 Å². The molecule has 3 N–H and O–H groups in total. The van der Waals surface area contributed by atoms with Crippen molar-refractivity contribution in [1.29, 1.82) is 0 Å². The van der Waals surface area contributed by atoms with Gasteiger partial charge in [-0.2, -0.15) is 0 Å². The molecule has 2 aromatic rings. The van der Waals surface area contributed by atoms with Crippen molar-refractivity contribution in [1.82, 2.24) is 25.0 Å². The highest BCUT2D eigenvalue weighted by Crippen LogP contribution is 2.24. The Balaban J connectivity index is 2.37. The van der Waals surface area contributed by atoms with Crippen LogP contribution in [0.3, 0.4) is 0 Å². The van der Waals surface area contributed by atoms with Crippen LogP contribution in [0, 0.1) is 0 Å². The fourth-order valence-corrected chi connectivity index (χ4v) is 2.25. The van der Waals surface area contributed by atoms with E-state index < -0.39 is 0 Å². The molecule has 0 saturated heterocycles. The molecule has 0 aliphatic carbocycles. The Morgan fingerprint density at radius 3 is 3.00 bits per heavy atom. The first-order valence-corrected chi connectivity index (χ1v) is 5.67. The molecule has 1 unspecified atom stereocenters. The van der Waals surface area contributed by atoms with Crippen molar-refractivity contribution in [2.24, 2.45) is 5.84 Å². The van der Waals surface area contributed by atoms with Gasteiger partial charge in [0, 0.05) is 12.4 Å². The van der Waals surface area contributed by atoms with Gasteiger partial charge < -0.3 is 0 Å². The minimum Gasteiger partial charge on any atom is -0.270 e. The molecule has 0 radical (unpaired) electrons. The van der Waals surface area contributed by atoms with E-state index in [1.165, 1.54) is 11.5 Å². The highest BCUT2D eigenvalue weighted by atomic mass is 32.1. The number of aryl methyl sites for hydroxylation is 1. The maximum absolute atomic E-state index is 5.55. The highest BCUT2D eigenvalue weighted by Gasteiger charge is 2.20. The topological polar surface area (TPSA) is 89.6 Å². The fraction of sp³-hybridized carbons (Fsp3) is 0.333. The molecule has 84 valence electrons. The third-order valence-electron chi connectivity index (χ3n) is 2.23. The zero-order valence-electron chi connectivity index (χ0n) is 8.79. The van der Waals surface area contributed by atoms with Gasteiger partial charge in [0.15, 0.2) is 0 Å². The lowest BCUT2D eigenvalue weighted by molar-refractivity contribution is 0.620. The van der Waals surface area contributed by atoms with Gasteiger partial charge in [0.2, 0.25) is 0 Å². The van der Waals surface area contributed by atoms with Crippen LogP contribution in [0.1, 0.15) is 29.2 Å². The first-order valence-electron chi connectivity index (χ1n) is 4.90. The van der Waals surface area contributed by atoms with Crippen molar-refractivity contribution in [2.75, 3.05) is 0 Å². The molecular weight excluding hydrogens is 224 g/mol. The molecule has 7 heteroatoms. The molecule has 16 heavy (non-hydrogen) atoms. The molecule has 0 amide bonds. The van der Waals surface area contributed by atoms with Gasteiger partial charge in [-0.05, 0) is 18.0 Å². The van der Waals surface area contributed by atoms with Crippen molar-refractivity contribution in [3.63, 3.8) is 0 Å². The average molecular weight is 236 g/mol. The summed E-state index contributed by atoms with van der Waals surface area (Å²) in [5, 5.41) is 4.05. The first kappa shape index (κ1) is 11.1.